The SMILES string of the molecule is COc1cc(/C=N/NC(=O)C(=O)Nc2ccc(Cl)c(Cl)c2)ccc1OCC(N)=O. The molecule has 152 valence electrons. The highest BCUT2D eigenvalue weighted by Gasteiger charge is 2.13. The first-order valence-electron chi connectivity index (χ1n) is 7.98. The lowest BCUT2D eigenvalue weighted by Crippen LogP contribution is -2.32. The van der Waals surface area contributed by atoms with Gasteiger partial charge >= 0.3 is 11.8 Å². The van der Waals surface area contributed by atoms with Crippen LogP contribution in [0.1, 0.15) is 5.56 Å². The summed E-state index contributed by atoms with van der Waals surface area (Å²) in [5.41, 5.74) is 7.97. The van der Waals surface area contributed by atoms with Crippen LogP contribution in [0.3, 0.4) is 0 Å². The molecule has 0 heterocycles. The van der Waals surface area contributed by atoms with E-state index in [-0.39, 0.29) is 11.6 Å². The number of halogens is 2. The van der Waals surface area contributed by atoms with E-state index in [1.807, 2.05) is 0 Å². The summed E-state index contributed by atoms with van der Waals surface area (Å²) < 4.78 is 10.4. The second kappa shape index (κ2) is 10.3. The monoisotopic (exact) mass is 438 g/mol. The first-order valence-corrected chi connectivity index (χ1v) is 8.74. The van der Waals surface area contributed by atoms with Gasteiger partial charge in [0, 0.05) is 5.69 Å². The molecule has 0 unspecified atom stereocenters. The minimum Gasteiger partial charge on any atom is -0.493 e. The third kappa shape index (κ3) is 6.66. The highest BCUT2D eigenvalue weighted by Crippen LogP contribution is 2.27. The van der Waals surface area contributed by atoms with Gasteiger partial charge < -0.3 is 20.5 Å². The number of anilines is 1. The number of hydrazone groups is 1. The van der Waals surface area contributed by atoms with E-state index in [2.05, 4.69) is 15.8 Å². The molecule has 2 aromatic carbocycles. The van der Waals surface area contributed by atoms with Crippen LogP contribution in [0.5, 0.6) is 11.5 Å². The van der Waals surface area contributed by atoms with E-state index in [9.17, 15) is 14.4 Å². The fourth-order valence-corrected chi connectivity index (χ4v) is 2.31. The quantitative estimate of drug-likeness (QED) is 0.345. The van der Waals surface area contributed by atoms with Gasteiger partial charge in [-0.1, -0.05) is 23.2 Å². The van der Waals surface area contributed by atoms with Crippen LogP contribution in [0.15, 0.2) is 41.5 Å². The maximum Gasteiger partial charge on any atom is 0.329 e. The second-order valence-electron chi connectivity index (χ2n) is 5.45. The molecule has 0 aliphatic heterocycles. The van der Waals surface area contributed by atoms with Crippen molar-refractivity contribution in [3.05, 3.63) is 52.0 Å². The van der Waals surface area contributed by atoms with Crippen LogP contribution >= 0.6 is 23.2 Å². The number of nitrogens with one attached hydrogen (secondary N) is 2. The third-order valence-electron chi connectivity index (χ3n) is 3.32. The maximum absolute atomic E-state index is 11.9. The minimum absolute atomic E-state index is 0.236. The average Bonchev–Trinajstić information content (AvgIpc) is 2.69. The highest BCUT2D eigenvalue weighted by atomic mass is 35.5. The smallest absolute Gasteiger partial charge is 0.329 e. The largest absolute Gasteiger partial charge is 0.493 e. The van der Waals surface area contributed by atoms with E-state index < -0.39 is 17.7 Å². The number of rotatable bonds is 7. The lowest BCUT2D eigenvalue weighted by molar-refractivity contribution is -0.136. The number of carbonyl (C=O) groups excluding carboxylic acids is 3. The standard InChI is InChI=1S/C18H16Cl2N4O5/c1-28-15-6-10(2-5-14(15)29-9-16(21)25)8-22-24-18(27)17(26)23-11-3-4-12(19)13(20)7-11/h2-8H,9H2,1H3,(H2,21,25)(H,23,26)(H,24,27)/b22-8+. The first kappa shape index (κ1) is 22.0. The molecule has 0 saturated carbocycles. The zero-order valence-electron chi connectivity index (χ0n) is 15.1. The Morgan fingerprint density at radius 3 is 2.48 bits per heavy atom. The van der Waals surface area contributed by atoms with Crippen molar-refractivity contribution in [2.24, 2.45) is 10.8 Å². The normalized spacial score (nSPS) is 10.4. The van der Waals surface area contributed by atoms with Crippen molar-refractivity contribution in [3.8, 4) is 11.5 Å². The van der Waals surface area contributed by atoms with Crippen molar-refractivity contribution in [1.29, 1.82) is 0 Å². The van der Waals surface area contributed by atoms with Crippen LogP contribution in [0.25, 0.3) is 0 Å². The summed E-state index contributed by atoms with van der Waals surface area (Å²) >= 11 is 11.6. The Hall–Kier alpha value is -3.30. The molecule has 2 aromatic rings. The maximum atomic E-state index is 11.9. The number of primary amides is 1. The predicted molar refractivity (Wildman–Crippen MR) is 109 cm³/mol. The molecule has 0 saturated heterocycles. The van der Waals surface area contributed by atoms with Gasteiger partial charge in [0.25, 0.3) is 5.91 Å². The summed E-state index contributed by atoms with van der Waals surface area (Å²) in [4.78, 5) is 34.5. The summed E-state index contributed by atoms with van der Waals surface area (Å²) in [5, 5.41) is 6.63. The Morgan fingerprint density at radius 2 is 1.83 bits per heavy atom. The van der Waals surface area contributed by atoms with E-state index in [1.165, 1.54) is 31.5 Å². The number of nitrogens with two attached hydrogens (primary N) is 1. The fourth-order valence-electron chi connectivity index (χ4n) is 2.01. The van der Waals surface area contributed by atoms with Gasteiger partial charge in [0.1, 0.15) is 0 Å². The van der Waals surface area contributed by atoms with Crippen molar-refractivity contribution in [3.63, 3.8) is 0 Å². The molecular weight excluding hydrogens is 423 g/mol. The Kier molecular flexibility index (Phi) is 7.81. The Morgan fingerprint density at radius 1 is 1.07 bits per heavy atom. The average molecular weight is 439 g/mol. The summed E-state index contributed by atoms with van der Waals surface area (Å²) in [6, 6.07) is 9.09. The van der Waals surface area contributed by atoms with Crippen LogP contribution in [-0.2, 0) is 14.4 Å². The number of hydrogen-bond donors (Lipinski definition) is 3. The lowest BCUT2D eigenvalue weighted by atomic mass is 10.2. The van der Waals surface area contributed by atoms with E-state index in [4.69, 9.17) is 38.4 Å². The van der Waals surface area contributed by atoms with Crippen molar-refractivity contribution >= 4 is 52.8 Å². The molecule has 0 aliphatic rings. The van der Waals surface area contributed by atoms with E-state index in [1.54, 1.807) is 18.2 Å². The van der Waals surface area contributed by atoms with Gasteiger partial charge in [0.2, 0.25) is 0 Å². The molecule has 3 amide bonds. The van der Waals surface area contributed by atoms with E-state index in [0.29, 0.717) is 27.8 Å². The van der Waals surface area contributed by atoms with Crippen LogP contribution < -0.4 is 25.9 Å². The minimum atomic E-state index is -0.985. The molecule has 11 heteroatoms. The van der Waals surface area contributed by atoms with Gasteiger partial charge in [-0.2, -0.15) is 5.10 Å². The molecule has 4 N–H and O–H groups in total. The summed E-state index contributed by atoms with van der Waals surface area (Å²) in [5.74, 6) is -1.90. The molecule has 2 rings (SSSR count). The van der Waals surface area contributed by atoms with Gasteiger partial charge in [0.15, 0.2) is 18.1 Å². The van der Waals surface area contributed by atoms with Crippen molar-refractivity contribution in [2.75, 3.05) is 19.0 Å². The second-order valence-corrected chi connectivity index (χ2v) is 6.26. The molecule has 0 spiro atoms. The zero-order valence-corrected chi connectivity index (χ0v) is 16.6. The fraction of sp³-hybridized carbons (Fsp3) is 0.111. The van der Waals surface area contributed by atoms with E-state index >= 15 is 0 Å². The Bertz CT molecular complexity index is 965. The highest BCUT2D eigenvalue weighted by molar-refractivity contribution is 6.42. The van der Waals surface area contributed by atoms with Crippen LogP contribution in [-0.4, -0.2) is 37.7 Å². The Balaban J connectivity index is 1.95. The molecule has 29 heavy (non-hydrogen) atoms. The number of nitrogens with zero attached hydrogens (tertiary/aromatic N) is 1. The topological polar surface area (TPSA) is 132 Å². The van der Waals surface area contributed by atoms with Crippen molar-refractivity contribution < 1.29 is 23.9 Å². The predicted octanol–water partition coefficient (Wildman–Crippen LogP) is 1.95. The molecule has 0 bridgehead atoms. The number of carbonyl (C=O) groups is 3. The molecule has 0 fully saturated rings. The third-order valence-corrected chi connectivity index (χ3v) is 4.06. The van der Waals surface area contributed by atoms with Gasteiger partial charge in [-0.05, 0) is 42.0 Å². The summed E-state index contributed by atoms with van der Waals surface area (Å²) in [7, 11) is 1.42. The molecule has 0 aromatic heterocycles. The number of amides is 3. The Labute approximate surface area is 175 Å². The van der Waals surface area contributed by atoms with Crippen molar-refractivity contribution in [2.45, 2.75) is 0 Å². The van der Waals surface area contributed by atoms with Crippen LogP contribution in [0.4, 0.5) is 5.69 Å². The van der Waals surface area contributed by atoms with Gasteiger partial charge in [-0.15, -0.1) is 0 Å². The molecular formula is C18H16Cl2N4O5. The van der Waals surface area contributed by atoms with Gasteiger partial charge in [0.05, 0.1) is 23.4 Å². The van der Waals surface area contributed by atoms with Crippen LogP contribution in [0.2, 0.25) is 10.0 Å². The van der Waals surface area contributed by atoms with Gasteiger partial charge in [-0.25, -0.2) is 5.43 Å². The molecule has 0 radical (unpaired) electrons. The number of hydrogen-bond acceptors (Lipinski definition) is 6. The number of ether oxygens (including phenoxy) is 2. The molecule has 9 nitrogen and oxygen atoms in total. The van der Waals surface area contributed by atoms with E-state index in [0.717, 1.165) is 0 Å². The summed E-state index contributed by atoms with van der Waals surface area (Å²) in [6.07, 6.45) is 1.30. The first-order chi connectivity index (χ1) is 13.8. The van der Waals surface area contributed by atoms with Crippen LogP contribution in [0, 0.1) is 0 Å². The lowest BCUT2D eigenvalue weighted by Gasteiger charge is -2.09. The zero-order chi connectivity index (χ0) is 21.4. The van der Waals surface area contributed by atoms with Gasteiger partial charge in [-0.3, -0.25) is 14.4 Å². The number of methoxy groups -OCH3 is 1. The molecule has 0 aliphatic carbocycles. The molecule has 0 atom stereocenters. The number of benzene rings is 2. The van der Waals surface area contributed by atoms with Crippen molar-refractivity contribution in [1.82, 2.24) is 5.43 Å². The summed E-state index contributed by atoms with van der Waals surface area (Å²) in [6.45, 7) is -0.298.